The lowest BCUT2D eigenvalue weighted by molar-refractivity contribution is -0.121. The predicted molar refractivity (Wildman–Crippen MR) is 109 cm³/mol. The largest absolute Gasteiger partial charge is 0.489 e. The molecule has 0 fully saturated rings. The minimum Gasteiger partial charge on any atom is -0.489 e. The average molecular weight is 415 g/mol. The number of rotatable bonds is 5. The van der Waals surface area contributed by atoms with Crippen LogP contribution in [0.4, 0.5) is 0 Å². The quantitative estimate of drug-likeness (QED) is 0.690. The third-order valence-corrected chi connectivity index (χ3v) is 5.11. The normalized spacial score (nSPS) is 14.6. The van der Waals surface area contributed by atoms with Gasteiger partial charge in [-0.3, -0.25) is 9.20 Å². The van der Waals surface area contributed by atoms with E-state index in [1.807, 2.05) is 48.7 Å². The number of ether oxygens (including phenoxy) is 2. The van der Waals surface area contributed by atoms with Crippen LogP contribution in [0, 0.1) is 5.92 Å². The van der Waals surface area contributed by atoms with Gasteiger partial charge in [0.05, 0.1) is 30.7 Å². The lowest BCUT2D eigenvalue weighted by Gasteiger charge is -2.21. The number of hydrogen-bond acceptors (Lipinski definition) is 5. The van der Waals surface area contributed by atoms with E-state index in [2.05, 4.69) is 15.5 Å². The SMILES string of the molecule is CC(C)[C@H](NC(=O)Cc1cc(Cl)c2c(c1)OCCCO2)c1nnc2ccccn12. The molecular formula is C21H23ClN4O3. The molecule has 0 saturated heterocycles. The van der Waals surface area contributed by atoms with E-state index in [1.54, 1.807) is 6.07 Å². The van der Waals surface area contributed by atoms with Crippen LogP contribution in [0.2, 0.25) is 5.02 Å². The molecule has 1 N–H and O–H groups in total. The highest BCUT2D eigenvalue weighted by molar-refractivity contribution is 6.32. The number of benzene rings is 1. The van der Waals surface area contributed by atoms with Crippen molar-refractivity contribution in [3.63, 3.8) is 0 Å². The van der Waals surface area contributed by atoms with Crippen molar-refractivity contribution in [2.45, 2.75) is 32.7 Å². The third kappa shape index (κ3) is 4.15. The monoisotopic (exact) mass is 414 g/mol. The fraction of sp³-hybridized carbons (Fsp3) is 0.381. The van der Waals surface area contributed by atoms with Gasteiger partial charge in [-0.1, -0.05) is 31.5 Å². The van der Waals surface area contributed by atoms with Crippen LogP contribution in [0.15, 0.2) is 36.5 Å². The zero-order valence-corrected chi connectivity index (χ0v) is 17.1. The van der Waals surface area contributed by atoms with Crippen molar-refractivity contribution in [3.05, 3.63) is 52.9 Å². The van der Waals surface area contributed by atoms with Crippen molar-refractivity contribution < 1.29 is 14.3 Å². The van der Waals surface area contributed by atoms with Crippen LogP contribution in [0.5, 0.6) is 11.5 Å². The second kappa shape index (κ2) is 8.29. The van der Waals surface area contributed by atoms with E-state index >= 15 is 0 Å². The summed E-state index contributed by atoms with van der Waals surface area (Å²) >= 11 is 6.35. The van der Waals surface area contributed by atoms with Crippen molar-refractivity contribution in [3.8, 4) is 11.5 Å². The standard InChI is InChI=1S/C21H23ClN4O3/c1-13(2)19(21-25-24-17-6-3-4-7-26(17)21)23-18(27)12-14-10-15(22)20-16(11-14)28-8-5-9-29-20/h3-4,6-7,10-11,13,19H,5,8-9,12H2,1-2H3,(H,23,27)/t19-/m0/s1. The first-order chi connectivity index (χ1) is 14.0. The number of carbonyl (C=O) groups is 1. The second-order valence-electron chi connectivity index (χ2n) is 7.41. The molecule has 29 heavy (non-hydrogen) atoms. The topological polar surface area (TPSA) is 77.8 Å². The van der Waals surface area contributed by atoms with Crippen LogP contribution in [-0.2, 0) is 11.2 Å². The maximum absolute atomic E-state index is 12.8. The molecule has 7 nitrogen and oxygen atoms in total. The third-order valence-electron chi connectivity index (χ3n) is 4.83. The smallest absolute Gasteiger partial charge is 0.225 e. The first-order valence-corrected chi connectivity index (χ1v) is 10.1. The van der Waals surface area contributed by atoms with Crippen LogP contribution in [0.3, 0.4) is 0 Å². The van der Waals surface area contributed by atoms with Crippen molar-refractivity contribution in [1.29, 1.82) is 0 Å². The summed E-state index contributed by atoms with van der Waals surface area (Å²) in [6, 6.07) is 9.02. The van der Waals surface area contributed by atoms with Crippen molar-refractivity contribution in [2.24, 2.45) is 5.92 Å². The maximum Gasteiger partial charge on any atom is 0.225 e. The number of nitrogens with one attached hydrogen (secondary N) is 1. The first-order valence-electron chi connectivity index (χ1n) is 9.70. The summed E-state index contributed by atoms with van der Waals surface area (Å²) in [4.78, 5) is 12.8. The minimum atomic E-state index is -0.268. The molecule has 8 heteroatoms. The fourth-order valence-electron chi connectivity index (χ4n) is 3.40. The highest BCUT2D eigenvalue weighted by Crippen LogP contribution is 2.38. The molecule has 1 aromatic carbocycles. The van der Waals surface area contributed by atoms with Crippen LogP contribution in [0.25, 0.3) is 5.65 Å². The van der Waals surface area contributed by atoms with E-state index < -0.39 is 0 Å². The Bertz CT molecular complexity index is 1030. The van der Waals surface area contributed by atoms with E-state index in [1.165, 1.54) is 0 Å². The molecule has 152 valence electrons. The molecule has 1 atom stereocenters. The molecule has 3 heterocycles. The number of nitrogens with zero attached hydrogens (tertiary/aromatic N) is 3. The Labute approximate surface area is 174 Å². The molecule has 0 radical (unpaired) electrons. The average Bonchev–Trinajstić information content (AvgIpc) is 2.96. The molecule has 0 aliphatic carbocycles. The summed E-state index contributed by atoms with van der Waals surface area (Å²) in [7, 11) is 0. The molecule has 1 amide bonds. The zero-order valence-electron chi connectivity index (χ0n) is 16.4. The highest BCUT2D eigenvalue weighted by atomic mass is 35.5. The maximum atomic E-state index is 12.8. The molecule has 1 aliphatic rings. The van der Waals surface area contributed by atoms with E-state index in [9.17, 15) is 4.79 Å². The number of hydrogen-bond donors (Lipinski definition) is 1. The summed E-state index contributed by atoms with van der Waals surface area (Å²) in [5, 5.41) is 12.0. The predicted octanol–water partition coefficient (Wildman–Crippen LogP) is 3.60. The molecule has 0 bridgehead atoms. The number of aromatic nitrogens is 3. The Kier molecular flexibility index (Phi) is 5.58. The summed E-state index contributed by atoms with van der Waals surface area (Å²) in [5.41, 5.74) is 1.52. The molecule has 2 aromatic heterocycles. The zero-order chi connectivity index (χ0) is 20.4. The second-order valence-corrected chi connectivity index (χ2v) is 7.82. The van der Waals surface area contributed by atoms with Crippen LogP contribution < -0.4 is 14.8 Å². The van der Waals surface area contributed by atoms with Gasteiger partial charge < -0.3 is 14.8 Å². The Morgan fingerprint density at radius 1 is 1.24 bits per heavy atom. The number of amides is 1. The lowest BCUT2D eigenvalue weighted by Crippen LogP contribution is -2.34. The summed E-state index contributed by atoms with van der Waals surface area (Å²) in [6.45, 7) is 5.21. The van der Waals surface area contributed by atoms with Crippen LogP contribution >= 0.6 is 11.6 Å². The molecule has 0 spiro atoms. The van der Waals surface area contributed by atoms with E-state index in [0.717, 1.165) is 17.6 Å². The number of pyridine rings is 1. The van der Waals surface area contributed by atoms with Gasteiger partial charge in [0.25, 0.3) is 0 Å². The van der Waals surface area contributed by atoms with Gasteiger partial charge in [-0.15, -0.1) is 10.2 Å². The molecule has 3 aromatic rings. The first kappa shape index (κ1) is 19.5. The van der Waals surface area contributed by atoms with Gasteiger partial charge in [-0.2, -0.15) is 0 Å². The Balaban J connectivity index is 1.53. The molecule has 4 rings (SSSR count). The van der Waals surface area contributed by atoms with Gasteiger partial charge in [0.15, 0.2) is 23.0 Å². The van der Waals surface area contributed by atoms with E-state index in [0.29, 0.717) is 35.6 Å². The highest BCUT2D eigenvalue weighted by Gasteiger charge is 2.24. The molecule has 0 saturated carbocycles. The van der Waals surface area contributed by atoms with E-state index in [4.69, 9.17) is 21.1 Å². The fourth-order valence-corrected chi connectivity index (χ4v) is 3.69. The van der Waals surface area contributed by atoms with Gasteiger partial charge in [-0.05, 0) is 35.7 Å². The van der Waals surface area contributed by atoms with Gasteiger partial charge in [0.2, 0.25) is 5.91 Å². The van der Waals surface area contributed by atoms with Gasteiger partial charge in [0, 0.05) is 12.6 Å². The van der Waals surface area contributed by atoms with Crippen molar-refractivity contribution >= 4 is 23.2 Å². The number of fused-ring (bicyclic) bond motifs is 2. The molecular weight excluding hydrogens is 392 g/mol. The Morgan fingerprint density at radius 3 is 2.90 bits per heavy atom. The van der Waals surface area contributed by atoms with Crippen LogP contribution in [0.1, 0.15) is 37.7 Å². The number of carbonyl (C=O) groups excluding carboxylic acids is 1. The Morgan fingerprint density at radius 2 is 2.07 bits per heavy atom. The molecule has 0 unspecified atom stereocenters. The van der Waals surface area contributed by atoms with Gasteiger partial charge >= 0.3 is 0 Å². The summed E-state index contributed by atoms with van der Waals surface area (Å²) < 4.78 is 13.3. The van der Waals surface area contributed by atoms with Gasteiger partial charge in [0.1, 0.15) is 0 Å². The lowest BCUT2D eigenvalue weighted by atomic mass is 10.0. The van der Waals surface area contributed by atoms with Gasteiger partial charge in [-0.25, -0.2) is 0 Å². The molecule has 1 aliphatic heterocycles. The summed E-state index contributed by atoms with van der Waals surface area (Å²) in [6.07, 6.45) is 2.87. The summed E-state index contributed by atoms with van der Waals surface area (Å²) in [5.74, 6) is 1.85. The number of halogens is 1. The van der Waals surface area contributed by atoms with E-state index in [-0.39, 0.29) is 24.3 Å². The Hall–Kier alpha value is -2.80. The van der Waals surface area contributed by atoms with Crippen LogP contribution in [-0.4, -0.2) is 33.7 Å². The van der Waals surface area contributed by atoms with Crippen molar-refractivity contribution in [1.82, 2.24) is 19.9 Å². The minimum absolute atomic E-state index is 0.123. The van der Waals surface area contributed by atoms with Crippen molar-refractivity contribution in [2.75, 3.05) is 13.2 Å².